The Bertz CT molecular complexity index is 770. The number of aromatic nitrogens is 2. The first-order valence-electron chi connectivity index (χ1n) is 6.46. The van der Waals surface area contributed by atoms with Crippen LogP contribution in [0.25, 0.3) is 0 Å². The van der Waals surface area contributed by atoms with Gasteiger partial charge in [-0.1, -0.05) is 30.3 Å². The molecular weight excluding hydrogens is 306 g/mol. The smallest absolute Gasteiger partial charge is 0.270 e. The molecule has 1 heterocycles. The van der Waals surface area contributed by atoms with Crippen molar-refractivity contribution in [1.82, 2.24) is 14.5 Å². The molecule has 1 unspecified atom stereocenters. The number of benzene rings is 1. The van der Waals surface area contributed by atoms with Gasteiger partial charge in [0.05, 0.1) is 6.20 Å². The van der Waals surface area contributed by atoms with E-state index >= 15 is 0 Å². The summed E-state index contributed by atoms with van der Waals surface area (Å²) in [6.45, 7) is 1.51. The van der Waals surface area contributed by atoms with Gasteiger partial charge in [-0.3, -0.25) is 9.48 Å². The molecule has 8 heteroatoms. The van der Waals surface area contributed by atoms with Gasteiger partial charge in [0.1, 0.15) is 4.90 Å². The predicted molar refractivity (Wildman–Crippen MR) is 79.3 cm³/mol. The summed E-state index contributed by atoms with van der Waals surface area (Å²) in [5, 5.41) is 3.79. The van der Waals surface area contributed by atoms with Crippen LogP contribution in [0.1, 0.15) is 12.5 Å². The number of nitrogens with one attached hydrogen (secondary N) is 1. The Morgan fingerprint density at radius 1 is 1.32 bits per heavy atom. The summed E-state index contributed by atoms with van der Waals surface area (Å²) in [4.78, 5) is 12.4. The Morgan fingerprint density at radius 3 is 2.45 bits per heavy atom. The SMILES string of the molecule is COC(C)(C(=O)NS(=O)(=O)c1cnn(C)c1)c1ccccc1. The minimum atomic E-state index is -4.00. The number of carbonyl (C=O) groups excluding carboxylic acids is 1. The van der Waals surface area contributed by atoms with Crippen LogP contribution in [-0.4, -0.2) is 31.2 Å². The van der Waals surface area contributed by atoms with Gasteiger partial charge in [-0.15, -0.1) is 0 Å². The number of hydrogen-bond donors (Lipinski definition) is 1. The molecule has 7 nitrogen and oxygen atoms in total. The van der Waals surface area contributed by atoms with Crippen LogP contribution in [0.2, 0.25) is 0 Å². The van der Waals surface area contributed by atoms with Crippen molar-refractivity contribution in [3.8, 4) is 0 Å². The number of hydrogen-bond acceptors (Lipinski definition) is 5. The molecule has 0 saturated carbocycles. The molecule has 22 heavy (non-hydrogen) atoms. The fourth-order valence-electron chi connectivity index (χ4n) is 1.91. The van der Waals surface area contributed by atoms with Crippen LogP contribution in [0.3, 0.4) is 0 Å². The molecule has 1 amide bonds. The number of ether oxygens (including phenoxy) is 1. The predicted octanol–water partition coefficient (Wildman–Crippen LogP) is 0.787. The van der Waals surface area contributed by atoms with E-state index in [0.717, 1.165) is 0 Å². The quantitative estimate of drug-likeness (QED) is 0.878. The zero-order valence-electron chi connectivity index (χ0n) is 12.5. The van der Waals surface area contributed by atoms with Crippen molar-refractivity contribution in [3.05, 3.63) is 48.3 Å². The molecular formula is C14H17N3O4S. The van der Waals surface area contributed by atoms with Crippen LogP contribution in [0.5, 0.6) is 0 Å². The van der Waals surface area contributed by atoms with E-state index in [-0.39, 0.29) is 4.90 Å². The average molecular weight is 323 g/mol. The number of nitrogens with zero attached hydrogens (tertiary/aromatic N) is 2. The van der Waals surface area contributed by atoms with Crippen LogP contribution in [0.15, 0.2) is 47.6 Å². The van der Waals surface area contributed by atoms with Crippen LogP contribution in [0, 0.1) is 0 Å². The molecule has 1 atom stereocenters. The highest BCUT2D eigenvalue weighted by molar-refractivity contribution is 7.90. The van der Waals surface area contributed by atoms with Gasteiger partial charge in [-0.2, -0.15) is 5.10 Å². The molecule has 0 fully saturated rings. The fourth-order valence-corrected chi connectivity index (χ4v) is 2.95. The van der Waals surface area contributed by atoms with Crippen molar-refractivity contribution < 1.29 is 17.9 Å². The molecule has 0 aliphatic heterocycles. The number of aryl methyl sites for hydroxylation is 1. The molecule has 1 aromatic carbocycles. The van der Waals surface area contributed by atoms with E-state index in [1.54, 1.807) is 37.4 Å². The van der Waals surface area contributed by atoms with Crippen LogP contribution in [-0.2, 0) is 32.2 Å². The highest BCUT2D eigenvalue weighted by Gasteiger charge is 2.38. The Hall–Kier alpha value is -2.19. The second kappa shape index (κ2) is 5.90. The number of sulfonamides is 1. The summed E-state index contributed by atoms with van der Waals surface area (Å²) in [5.74, 6) is -0.773. The van der Waals surface area contributed by atoms with Gasteiger partial charge in [0.15, 0.2) is 5.60 Å². The van der Waals surface area contributed by atoms with Crippen molar-refractivity contribution in [1.29, 1.82) is 0 Å². The Balaban J connectivity index is 2.31. The first kappa shape index (κ1) is 16.2. The summed E-state index contributed by atoms with van der Waals surface area (Å²) < 4.78 is 33.1. The lowest BCUT2D eigenvalue weighted by atomic mass is 9.95. The molecule has 0 saturated heterocycles. The Labute approximate surface area is 129 Å². The third-order valence-corrected chi connectivity index (χ3v) is 4.67. The Morgan fingerprint density at radius 2 is 1.95 bits per heavy atom. The number of rotatable bonds is 5. The standard InChI is InChI=1S/C14H17N3O4S/c1-14(21-3,11-7-5-4-6-8-11)13(18)16-22(19,20)12-9-15-17(2)10-12/h4-10H,1-3H3,(H,16,18). The van der Waals surface area contributed by atoms with Gasteiger partial charge >= 0.3 is 0 Å². The fraction of sp³-hybridized carbons (Fsp3) is 0.286. The molecule has 0 spiro atoms. The van der Waals surface area contributed by atoms with E-state index in [2.05, 4.69) is 5.10 Å². The number of amides is 1. The summed E-state index contributed by atoms with van der Waals surface area (Å²) in [6.07, 6.45) is 2.48. The van der Waals surface area contributed by atoms with Gasteiger partial charge in [0.25, 0.3) is 15.9 Å². The molecule has 0 radical (unpaired) electrons. The largest absolute Gasteiger partial charge is 0.364 e. The first-order chi connectivity index (χ1) is 10.3. The van der Waals surface area contributed by atoms with Crippen LogP contribution < -0.4 is 4.72 Å². The van der Waals surface area contributed by atoms with Gasteiger partial charge in [0, 0.05) is 20.4 Å². The van der Waals surface area contributed by atoms with E-state index in [9.17, 15) is 13.2 Å². The third-order valence-electron chi connectivity index (χ3n) is 3.38. The lowest BCUT2D eigenvalue weighted by Gasteiger charge is -2.26. The third kappa shape index (κ3) is 3.02. The van der Waals surface area contributed by atoms with E-state index in [1.165, 1.54) is 31.1 Å². The molecule has 0 aliphatic rings. The van der Waals surface area contributed by atoms with Crippen molar-refractivity contribution in [2.24, 2.45) is 7.05 Å². The van der Waals surface area contributed by atoms with E-state index in [1.807, 2.05) is 4.72 Å². The molecule has 118 valence electrons. The zero-order chi connectivity index (χ0) is 16.4. The maximum absolute atomic E-state index is 12.4. The molecule has 1 aromatic heterocycles. The van der Waals surface area contributed by atoms with Gasteiger partial charge in [0.2, 0.25) is 0 Å². The molecule has 1 N–H and O–H groups in total. The van der Waals surface area contributed by atoms with Gasteiger partial charge in [-0.05, 0) is 12.5 Å². The second-order valence-corrected chi connectivity index (χ2v) is 6.57. The summed E-state index contributed by atoms with van der Waals surface area (Å²) in [7, 11) is -1.06. The first-order valence-corrected chi connectivity index (χ1v) is 7.94. The zero-order valence-corrected chi connectivity index (χ0v) is 13.3. The summed E-state index contributed by atoms with van der Waals surface area (Å²) in [5.41, 5.74) is -0.868. The van der Waals surface area contributed by atoms with E-state index in [4.69, 9.17) is 4.74 Å². The van der Waals surface area contributed by atoms with E-state index < -0.39 is 21.5 Å². The average Bonchev–Trinajstić information content (AvgIpc) is 2.94. The molecule has 0 aliphatic carbocycles. The number of carbonyl (C=O) groups is 1. The second-order valence-electron chi connectivity index (χ2n) is 4.89. The van der Waals surface area contributed by atoms with Crippen molar-refractivity contribution >= 4 is 15.9 Å². The lowest BCUT2D eigenvalue weighted by Crippen LogP contribution is -2.46. The monoisotopic (exact) mass is 323 g/mol. The highest BCUT2D eigenvalue weighted by atomic mass is 32.2. The van der Waals surface area contributed by atoms with Crippen molar-refractivity contribution in [2.75, 3.05) is 7.11 Å². The van der Waals surface area contributed by atoms with Gasteiger partial charge in [-0.25, -0.2) is 13.1 Å². The molecule has 2 rings (SSSR count). The molecule has 0 bridgehead atoms. The lowest BCUT2D eigenvalue weighted by molar-refractivity contribution is -0.140. The summed E-state index contributed by atoms with van der Waals surface area (Å²) >= 11 is 0. The molecule has 2 aromatic rings. The van der Waals surface area contributed by atoms with Crippen LogP contribution in [0.4, 0.5) is 0 Å². The number of methoxy groups -OCH3 is 1. The van der Waals surface area contributed by atoms with Crippen molar-refractivity contribution in [3.63, 3.8) is 0 Å². The topological polar surface area (TPSA) is 90.3 Å². The minimum absolute atomic E-state index is 0.0881. The minimum Gasteiger partial charge on any atom is -0.364 e. The van der Waals surface area contributed by atoms with E-state index in [0.29, 0.717) is 5.56 Å². The maximum atomic E-state index is 12.4. The highest BCUT2D eigenvalue weighted by Crippen LogP contribution is 2.25. The van der Waals surface area contributed by atoms with Gasteiger partial charge < -0.3 is 4.74 Å². The summed E-state index contributed by atoms with van der Waals surface area (Å²) in [6, 6.07) is 8.68. The normalized spacial score (nSPS) is 14.3. The maximum Gasteiger partial charge on any atom is 0.270 e. The Kier molecular flexibility index (Phi) is 4.34. The van der Waals surface area contributed by atoms with Crippen LogP contribution >= 0.6 is 0 Å². The van der Waals surface area contributed by atoms with Crippen molar-refractivity contribution in [2.45, 2.75) is 17.4 Å².